The number of likely N-dealkylation sites (tertiary alicyclic amines) is 1. The molecule has 0 spiro atoms. The number of hydrogen-bond donors (Lipinski definition) is 3. The molecule has 0 unspecified atom stereocenters. The molecule has 104 valence electrons. The Hall–Kier alpha value is -0.810. The first-order valence-corrected chi connectivity index (χ1v) is 7.13. The first-order valence-electron chi connectivity index (χ1n) is 7.13. The largest absolute Gasteiger partial charge is 0.335 e. The van der Waals surface area contributed by atoms with E-state index in [1.807, 2.05) is 19.0 Å². The van der Waals surface area contributed by atoms with Gasteiger partial charge in [-0.1, -0.05) is 0 Å². The maximum Gasteiger partial charge on any atom is 0.317 e. The Labute approximate surface area is 110 Å². The molecule has 5 heteroatoms. The molecule has 1 atom stereocenters. The minimum absolute atomic E-state index is 0.126. The topological polar surface area (TPSA) is 56.4 Å². The van der Waals surface area contributed by atoms with Crippen LogP contribution in [0.15, 0.2) is 0 Å². The highest BCUT2D eigenvalue weighted by molar-refractivity contribution is 5.74. The fraction of sp³-hybridized carbons (Fsp3) is 0.923. The summed E-state index contributed by atoms with van der Waals surface area (Å²) in [4.78, 5) is 14.0. The number of carbonyl (C=O) groups excluding carboxylic acids is 1. The Morgan fingerprint density at radius 3 is 2.11 bits per heavy atom. The van der Waals surface area contributed by atoms with E-state index in [2.05, 4.69) is 16.0 Å². The van der Waals surface area contributed by atoms with Crippen molar-refractivity contribution in [3.05, 3.63) is 0 Å². The monoisotopic (exact) mass is 254 g/mol. The van der Waals surface area contributed by atoms with Crippen LogP contribution in [-0.4, -0.2) is 56.2 Å². The molecule has 18 heavy (non-hydrogen) atoms. The molecule has 5 nitrogen and oxygen atoms in total. The lowest BCUT2D eigenvalue weighted by molar-refractivity contribution is 0.197. The second-order valence-corrected chi connectivity index (χ2v) is 5.51. The summed E-state index contributed by atoms with van der Waals surface area (Å²) in [6, 6.07) is 1.60. The van der Waals surface area contributed by atoms with Crippen LogP contribution in [0.25, 0.3) is 0 Å². The number of carbonyl (C=O) groups is 1. The smallest absolute Gasteiger partial charge is 0.317 e. The van der Waals surface area contributed by atoms with Crippen molar-refractivity contribution < 1.29 is 4.79 Å². The van der Waals surface area contributed by atoms with Gasteiger partial charge in [-0.25, -0.2) is 4.79 Å². The minimum Gasteiger partial charge on any atom is -0.335 e. The fourth-order valence-electron chi connectivity index (χ4n) is 2.97. The molecular formula is C13H26N4O. The predicted octanol–water partition coefficient (Wildman–Crippen LogP) is 0.520. The van der Waals surface area contributed by atoms with E-state index in [0.717, 1.165) is 32.4 Å². The van der Waals surface area contributed by atoms with E-state index < -0.39 is 0 Å². The number of nitrogens with one attached hydrogen (secondary N) is 3. The van der Waals surface area contributed by atoms with Crippen LogP contribution >= 0.6 is 0 Å². The van der Waals surface area contributed by atoms with E-state index in [1.165, 1.54) is 12.8 Å². The lowest BCUT2D eigenvalue weighted by Crippen LogP contribution is -2.47. The third-order valence-corrected chi connectivity index (χ3v) is 4.35. The van der Waals surface area contributed by atoms with Crippen LogP contribution in [0.3, 0.4) is 0 Å². The van der Waals surface area contributed by atoms with Crippen LogP contribution in [0.5, 0.6) is 0 Å². The van der Waals surface area contributed by atoms with E-state index in [1.54, 1.807) is 0 Å². The van der Waals surface area contributed by atoms with Crippen molar-refractivity contribution >= 4 is 6.03 Å². The van der Waals surface area contributed by atoms with E-state index in [9.17, 15) is 4.79 Å². The molecule has 0 radical (unpaired) electrons. The third-order valence-electron chi connectivity index (χ3n) is 4.35. The highest BCUT2D eigenvalue weighted by Crippen LogP contribution is 2.19. The number of nitrogens with zero attached hydrogens (tertiary/aromatic N) is 1. The van der Waals surface area contributed by atoms with Crippen molar-refractivity contribution in [3.8, 4) is 0 Å². The van der Waals surface area contributed by atoms with Gasteiger partial charge in [0, 0.05) is 31.2 Å². The molecule has 1 aliphatic heterocycles. The zero-order valence-electron chi connectivity index (χ0n) is 11.5. The molecule has 2 amide bonds. The van der Waals surface area contributed by atoms with Gasteiger partial charge in [-0.15, -0.1) is 0 Å². The van der Waals surface area contributed by atoms with Gasteiger partial charge < -0.3 is 20.9 Å². The summed E-state index contributed by atoms with van der Waals surface area (Å²) in [5.74, 6) is 0. The Balaban J connectivity index is 1.72. The molecule has 0 aromatic carbocycles. The van der Waals surface area contributed by atoms with Crippen molar-refractivity contribution in [3.63, 3.8) is 0 Å². The van der Waals surface area contributed by atoms with Gasteiger partial charge in [0.05, 0.1) is 0 Å². The normalized spacial score (nSPS) is 32.6. The molecular weight excluding hydrogens is 228 g/mol. The lowest BCUT2D eigenvalue weighted by atomic mass is 9.91. The number of urea groups is 1. The SMILES string of the molecule is CNC1CCC(NC(=O)N2CC[C@@H](NC)C2)CC1. The third kappa shape index (κ3) is 3.36. The van der Waals surface area contributed by atoms with Gasteiger partial charge >= 0.3 is 6.03 Å². The maximum atomic E-state index is 12.1. The van der Waals surface area contributed by atoms with Crippen LogP contribution in [0.4, 0.5) is 4.79 Å². The van der Waals surface area contributed by atoms with Crippen LogP contribution in [-0.2, 0) is 0 Å². The molecule has 2 fully saturated rings. The lowest BCUT2D eigenvalue weighted by Gasteiger charge is -2.30. The molecule has 1 aliphatic carbocycles. The number of likely N-dealkylation sites (N-methyl/N-ethyl adjacent to an activating group) is 1. The van der Waals surface area contributed by atoms with Crippen LogP contribution in [0, 0.1) is 0 Å². The van der Waals surface area contributed by atoms with E-state index >= 15 is 0 Å². The molecule has 1 saturated carbocycles. The van der Waals surface area contributed by atoms with Gasteiger partial charge in [-0.05, 0) is 46.2 Å². The van der Waals surface area contributed by atoms with Crippen molar-refractivity contribution in [2.45, 2.75) is 50.2 Å². The Kier molecular flexibility index (Phi) is 4.83. The van der Waals surface area contributed by atoms with E-state index in [-0.39, 0.29) is 6.03 Å². The summed E-state index contributed by atoms with van der Waals surface area (Å²) in [5, 5.41) is 9.73. The predicted molar refractivity (Wildman–Crippen MR) is 72.7 cm³/mol. The van der Waals surface area contributed by atoms with Gasteiger partial charge in [0.2, 0.25) is 0 Å². The standard InChI is InChI=1S/C13H26N4O/c1-14-10-3-5-11(6-4-10)16-13(18)17-8-7-12(9-17)15-2/h10-12,14-15H,3-9H2,1-2H3,(H,16,18)/t10?,11?,12-/m1/s1. The van der Waals surface area contributed by atoms with Gasteiger partial charge in [0.1, 0.15) is 0 Å². The van der Waals surface area contributed by atoms with Crippen LogP contribution < -0.4 is 16.0 Å². The average molecular weight is 254 g/mol. The zero-order chi connectivity index (χ0) is 13.0. The zero-order valence-corrected chi connectivity index (χ0v) is 11.5. The molecule has 2 aliphatic rings. The van der Waals surface area contributed by atoms with Crippen molar-refractivity contribution in [1.82, 2.24) is 20.9 Å². The quantitative estimate of drug-likeness (QED) is 0.688. The molecule has 0 bridgehead atoms. The number of hydrogen-bond acceptors (Lipinski definition) is 3. The van der Waals surface area contributed by atoms with E-state index in [4.69, 9.17) is 0 Å². The van der Waals surface area contributed by atoms with E-state index in [0.29, 0.717) is 18.1 Å². The molecule has 3 N–H and O–H groups in total. The molecule has 2 rings (SSSR count). The Morgan fingerprint density at radius 2 is 1.56 bits per heavy atom. The molecule has 1 saturated heterocycles. The van der Waals surface area contributed by atoms with Gasteiger partial charge in [-0.3, -0.25) is 0 Å². The molecule has 0 aromatic heterocycles. The number of rotatable bonds is 3. The summed E-state index contributed by atoms with van der Waals surface area (Å²) in [7, 11) is 3.98. The second-order valence-electron chi connectivity index (χ2n) is 5.51. The Morgan fingerprint density at radius 1 is 0.944 bits per heavy atom. The van der Waals surface area contributed by atoms with Crippen molar-refractivity contribution in [2.24, 2.45) is 0 Å². The highest BCUT2D eigenvalue weighted by atomic mass is 16.2. The summed E-state index contributed by atoms with van der Waals surface area (Å²) in [6.07, 6.45) is 5.60. The van der Waals surface area contributed by atoms with Crippen LogP contribution in [0.1, 0.15) is 32.1 Å². The minimum atomic E-state index is 0.126. The summed E-state index contributed by atoms with van der Waals surface area (Å²) in [6.45, 7) is 1.72. The van der Waals surface area contributed by atoms with Gasteiger partial charge in [-0.2, -0.15) is 0 Å². The van der Waals surface area contributed by atoms with Gasteiger partial charge in [0.15, 0.2) is 0 Å². The first-order chi connectivity index (χ1) is 8.72. The van der Waals surface area contributed by atoms with Crippen molar-refractivity contribution in [1.29, 1.82) is 0 Å². The summed E-state index contributed by atoms with van der Waals surface area (Å²) in [5.41, 5.74) is 0. The average Bonchev–Trinajstić information content (AvgIpc) is 2.88. The maximum absolute atomic E-state index is 12.1. The van der Waals surface area contributed by atoms with Crippen LogP contribution in [0.2, 0.25) is 0 Å². The Bertz CT molecular complexity index is 276. The number of amides is 2. The highest BCUT2D eigenvalue weighted by Gasteiger charge is 2.27. The molecule has 0 aromatic rings. The fourth-order valence-corrected chi connectivity index (χ4v) is 2.97. The molecule has 1 heterocycles. The summed E-state index contributed by atoms with van der Waals surface area (Å²) >= 11 is 0. The van der Waals surface area contributed by atoms with Gasteiger partial charge in [0.25, 0.3) is 0 Å². The first kappa shape index (κ1) is 13.6. The second kappa shape index (κ2) is 6.38. The summed E-state index contributed by atoms with van der Waals surface area (Å²) < 4.78 is 0. The van der Waals surface area contributed by atoms with Crippen molar-refractivity contribution in [2.75, 3.05) is 27.2 Å².